The number of sulfone groups is 1. The molecule has 0 unspecified atom stereocenters. The highest BCUT2D eigenvalue weighted by atomic mass is 35.5. The smallest absolute Gasteiger partial charge is 0.231 e. The fourth-order valence-electron chi connectivity index (χ4n) is 1.60. The van der Waals surface area contributed by atoms with Crippen molar-refractivity contribution in [1.29, 1.82) is 0 Å². The van der Waals surface area contributed by atoms with Gasteiger partial charge in [0, 0.05) is 23.7 Å². The third kappa shape index (κ3) is 2.21. The van der Waals surface area contributed by atoms with E-state index in [1.165, 1.54) is 10.8 Å². The molecule has 0 aliphatic rings. The largest absolute Gasteiger partial charge is 0.290 e. The van der Waals surface area contributed by atoms with E-state index in [4.69, 9.17) is 11.6 Å². The van der Waals surface area contributed by atoms with Crippen molar-refractivity contribution in [2.45, 2.75) is 12.1 Å². The molecule has 0 N–H and O–H groups in total. The molecule has 0 bridgehead atoms. The van der Waals surface area contributed by atoms with Gasteiger partial charge in [-0.25, -0.2) is 13.4 Å². The summed E-state index contributed by atoms with van der Waals surface area (Å²) in [6.07, 6.45) is 4.19. The van der Waals surface area contributed by atoms with Gasteiger partial charge in [-0.3, -0.25) is 4.57 Å². The van der Waals surface area contributed by atoms with Gasteiger partial charge in [-0.1, -0.05) is 17.7 Å². The maximum atomic E-state index is 11.6. The molecule has 2 aromatic rings. The van der Waals surface area contributed by atoms with Gasteiger partial charge in [0.2, 0.25) is 15.0 Å². The number of benzene rings is 1. The first-order valence-electron chi connectivity index (χ1n) is 4.90. The van der Waals surface area contributed by atoms with Gasteiger partial charge in [0.05, 0.1) is 5.69 Å². The van der Waals surface area contributed by atoms with Gasteiger partial charge >= 0.3 is 0 Å². The van der Waals surface area contributed by atoms with Crippen LogP contribution in [-0.2, 0) is 9.84 Å². The minimum atomic E-state index is -3.36. The van der Waals surface area contributed by atoms with Crippen LogP contribution >= 0.6 is 11.6 Å². The van der Waals surface area contributed by atoms with Crippen molar-refractivity contribution in [1.82, 2.24) is 9.55 Å². The second-order valence-corrected chi connectivity index (χ2v) is 6.05. The molecule has 2 rings (SSSR count). The number of aromatic nitrogens is 2. The first kappa shape index (κ1) is 12.1. The summed E-state index contributed by atoms with van der Waals surface area (Å²) in [5.74, 6) is 0. The van der Waals surface area contributed by atoms with Crippen LogP contribution in [-0.4, -0.2) is 24.2 Å². The molecule has 1 heterocycles. The summed E-state index contributed by atoms with van der Waals surface area (Å²) < 4.78 is 24.7. The standard InChI is InChI=1S/C11H11ClN2O2S/c1-8-9(12)4-3-5-10(8)14-7-6-13-11(14)17(2,15)16/h3-7H,1-2H3. The lowest BCUT2D eigenvalue weighted by Crippen LogP contribution is -2.08. The Morgan fingerprint density at radius 3 is 2.71 bits per heavy atom. The fourth-order valence-corrected chi connectivity index (χ4v) is 2.54. The maximum Gasteiger partial charge on any atom is 0.231 e. The molecule has 0 saturated carbocycles. The van der Waals surface area contributed by atoms with Crippen LogP contribution in [0.15, 0.2) is 35.7 Å². The first-order chi connectivity index (χ1) is 7.91. The molecule has 1 aromatic carbocycles. The van der Waals surface area contributed by atoms with Crippen LogP contribution in [0.4, 0.5) is 0 Å². The monoisotopic (exact) mass is 270 g/mol. The van der Waals surface area contributed by atoms with Gasteiger partial charge in [0.25, 0.3) is 0 Å². The van der Waals surface area contributed by atoms with Crippen molar-refractivity contribution < 1.29 is 8.42 Å². The molecular formula is C11H11ClN2O2S. The van der Waals surface area contributed by atoms with Crippen molar-refractivity contribution >= 4 is 21.4 Å². The van der Waals surface area contributed by atoms with Crippen LogP contribution in [0.2, 0.25) is 5.02 Å². The predicted octanol–water partition coefficient (Wildman–Crippen LogP) is 2.24. The zero-order chi connectivity index (χ0) is 12.6. The number of imidazole rings is 1. The minimum Gasteiger partial charge on any atom is -0.290 e. The van der Waals surface area contributed by atoms with E-state index in [1.807, 2.05) is 6.92 Å². The highest BCUT2D eigenvalue weighted by molar-refractivity contribution is 7.90. The molecule has 0 saturated heterocycles. The molecular weight excluding hydrogens is 260 g/mol. The van der Waals surface area contributed by atoms with Gasteiger partial charge in [0.15, 0.2) is 0 Å². The van der Waals surface area contributed by atoms with E-state index in [-0.39, 0.29) is 5.16 Å². The van der Waals surface area contributed by atoms with Crippen molar-refractivity contribution in [2.75, 3.05) is 6.26 Å². The molecule has 0 radical (unpaired) electrons. The molecule has 0 spiro atoms. The summed E-state index contributed by atoms with van der Waals surface area (Å²) in [4.78, 5) is 3.87. The second-order valence-electron chi connectivity index (χ2n) is 3.74. The quantitative estimate of drug-likeness (QED) is 0.841. The number of rotatable bonds is 2. The van der Waals surface area contributed by atoms with Crippen molar-refractivity contribution in [3.8, 4) is 5.69 Å². The van der Waals surface area contributed by atoms with E-state index in [0.29, 0.717) is 5.02 Å². The Labute approximate surface area is 105 Å². The van der Waals surface area contributed by atoms with E-state index in [0.717, 1.165) is 17.5 Å². The van der Waals surface area contributed by atoms with Crippen LogP contribution in [0.25, 0.3) is 5.69 Å². The summed E-state index contributed by atoms with van der Waals surface area (Å²) in [7, 11) is -3.36. The normalized spacial score (nSPS) is 11.7. The minimum absolute atomic E-state index is 0.0165. The lowest BCUT2D eigenvalue weighted by molar-refractivity contribution is 0.590. The molecule has 6 heteroatoms. The Morgan fingerprint density at radius 2 is 2.06 bits per heavy atom. The lowest BCUT2D eigenvalue weighted by Gasteiger charge is -2.10. The van der Waals surface area contributed by atoms with Crippen LogP contribution < -0.4 is 0 Å². The summed E-state index contributed by atoms with van der Waals surface area (Å²) in [5.41, 5.74) is 1.53. The molecule has 0 fully saturated rings. The van der Waals surface area contributed by atoms with Crippen LogP contribution in [0.1, 0.15) is 5.56 Å². The number of nitrogens with zero attached hydrogens (tertiary/aromatic N) is 2. The zero-order valence-electron chi connectivity index (χ0n) is 9.38. The van der Waals surface area contributed by atoms with Crippen molar-refractivity contribution in [2.24, 2.45) is 0 Å². The molecule has 1 aromatic heterocycles. The summed E-state index contributed by atoms with van der Waals surface area (Å²) in [6, 6.07) is 5.34. The highest BCUT2D eigenvalue weighted by Gasteiger charge is 2.17. The molecule has 0 aliphatic carbocycles. The van der Waals surface area contributed by atoms with E-state index < -0.39 is 9.84 Å². The fraction of sp³-hybridized carbons (Fsp3) is 0.182. The van der Waals surface area contributed by atoms with Gasteiger partial charge in [-0.2, -0.15) is 0 Å². The summed E-state index contributed by atoms with van der Waals surface area (Å²) in [6.45, 7) is 1.84. The average molecular weight is 271 g/mol. The Kier molecular flexibility index (Phi) is 2.97. The molecule has 17 heavy (non-hydrogen) atoms. The maximum absolute atomic E-state index is 11.6. The third-order valence-corrected chi connectivity index (χ3v) is 3.81. The summed E-state index contributed by atoms with van der Waals surface area (Å²) >= 11 is 6.01. The Bertz CT molecular complexity index is 662. The van der Waals surface area contributed by atoms with Gasteiger partial charge in [-0.15, -0.1) is 0 Å². The second kappa shape index (κ2) is 4.16. The number of hydrogen-bond acceptors (Lipinski definition) is 3. The van der Waals surface area contributed by atoms with E-state index >= 15 is 0 Å². The Hall–Kier alpha value is -1.33. The van der Waals surface area contributed by atoms with E-state index in [9.17, 15) is 8.42 Å². The third-order valence-electron chi connectivity index (χ3n) is 2.44. The Balaban J connectivity index is 2.71. The molecule has 90 valence electrons. The number of hydrogen-bond donors (Lipinski definition) is 0. The van der Waals surface area contributed by atoms with Gasteiger partial charge in [0.1, 0.15) is 0 Å². The lowest BCUT2D eigenvalue weighted by atomic mass is 10.2. The number of halogens is 1. The van der Waals surface area contributed by atoms with Crippen molar-refractivity contribution in [3.63, 3.8) is 0 Å². The SMILES string of the molecule is Cc1c(Cl)cccc1-n1ccnc1S(C)(=O)=O. The molecule has 0 aliphatic heterocycles. The van der Waals surface area contributed by atoms with E-state index in [2.05, 4.69) is 4.98 Å². The van der Waals surface area contributed by atoms with Crippen LogP contribution in [0, 0.1) is 6.92 Å². The topological polar surface area (TPSA) is 52.0 Å². The first-order valence-corrected chi connectivity index (χ1v) is 7.17. The van der Waals surface area contributed by atoms with E-state index in [1.54, 1.807) is 24.4 Å². The Morgan fingerprint density at radius 1 is 1.35 bits per heavy atom. The summed E-state index contributed by atoms with van der Waals surface area (Å²) in [5, 5.41) is 0.610. The van der Waals surface area contributed by atoms with Gasteiger partial charge < -0.3 is 0 Å². The van der Waals surface area contributed by atoms with Crippen molar-refractivity contribution in [3.05, 3.63) is 41.2 Å². The molecule has 4 nitrogen and oxygen atoms in total. The zero-order valence-corrected chi connectivity index (χ0v) is 11.0. The van der Waals surface area contributed by atoms with Crippen LogP contribution in [0.3, 0.4) is 0 Å². The van der Waals surface area contributed by atoms with Crippen LogP contribution in [0.5, 0.6) is 0 Å². The highest BCUT2D eigenvalue weighted by Crippen LogP contribution is 2.24. The van der Waals surface area contributed by atoms with Gasteiger partial charge in [-0.05, 0) is 24.6 Å². The average Bonchev–Trinajstić information content (AvgIpc) is 2.70. The molecule has 0 amide bonds. The predicted molar refractivity (Wildman–Crippen MR) is 66.4 cm³/mol. The molecule has 0 atom stereocenters.